The molecule has 9 heavy (non-hydrogen) atoms. The van der Waals surface area contributed by atoms with E-state index in [1.807, 2.05) is 0 Å². The van der Waals surface area contributed by atoms with E-state index in [9.17, 15) is 4.79 Å². The Bertz CT molecular complexity index is 117. The van der Waals surface area contributed by atoms with Crippen LogP contribution in [0.4, 0.5) is 4.79 Å². The first-order valence-electron chi connectivity index (χ1n) is 2.18. The molecular weight excluding hydrogens is 140 g/mol. The number of amides is 1. The summed E-state index contributed by atoms with van der Waals surface area (Å²) in [7, 11) is 1.27. The second kappa shape index (κ2) is 4.20. The Morgan fingerprint density at radius 2 is 2.44 bits per heavy atom. The maximum atomic E-state index is 10.5. The summed E-state index contributed by atoms with van der Waals surface area (Å²) >= 11 is 1.12. The van der Waals surface area contributed by atoms with Crippen molar-refractivity contribution in [3.05, 3.63) is 0 Å². The number of rotatable bonds is 2. The molecule has 5 heteroatoms. The molecule has 0 atom stereocenters. The first-order valence-corrected chi connectivity index (χ1v) is 3.36. The maximum absolute atomic E-state index is 10.5. The summed E-state index contributed by atoms with van der Waals surface area (Å²) in [6, 6.07) is 0. The van der Waals surface area contributed by atoms with Gasteiger partial charge in [0.1, 0.15) is 6.34 Å². The molecule has 0 aromatic carbocycles. The lowest BCUT2D eigenvalue weighted by molar-refractivity contribution is 0.164. The number of hydrogen-bond donors (Lipinski definition) is 1. The number of nitrogens with one attached hydrogen (secondary N) is 1. The van der Waals surface area contributed by atoms with Crippen molar-refractivity contribution in [1.82, 2.24) is 4.31 Å². The van der Waals surface area contributed by atoms with Crippen LogP contribution >= 0.6 is 11.9 Å². The molecule has 0 aromatic rings. The van der Waals surface area contributed by atoms with E-state index in [0.29, 0.717) is 0 Å². The quantitative estimate of drug-likeness (QED) is 0.360. The van der Waals surface area contributed by atoms with Gasteiger partial charge in [-0.25, -0.2) is 9.10 Å². The molecule has 0 unspecified atom stereocenters. The minimum absolute atomic E-state index is 0.530. The molecule has 0 saturated carbocycles. The van der Waals surface area contributed by atoms with Crippen LogP contribution in [-0.2, 0) is 4.74 Å². The number of carbonyl (C=O) groups is 1. The van der Waals surface area contributed by atoms with Gasteiger partial charge in [0, 0.05) is 6.26 Å². The van der Waals surface area contributed by atoms with Crippen LogP contribution in [-0.4, -0.2) is 30.1 Å². The Hall–Kier alpha value is -0.710. The third-order valence-electron chi connectivity index (χ3n) is 0.669. The summed E-state index contributed by atoms with van der Waals surface area (Å²) in [5, 5.41) is 6.67. The molecule has 0 radical (unpaired) electrons. The molecule has 0 fully saturated rings. The fourth-order valence-corrected chi connectivity index (χ4v) is 0.599. The lowest BCUT2D eigenvalue weighted by Gasteiger charge is -2.09. The summed E-state index contributed by atoms with van der Waals surface area (Å²) in [5.41, 5.74) is 0. The molecular formula is C4H8N2O2S. The van der Waals surface area contributed by atoms with E-state index >= 15 is 0 Å². The highest BCUT2D eigenvalue weighted by molar-refractivity contribution is 7.97. The number of methoxy groups -OCH3 is 1. The summed E-state index contributed by atoms with van der Waals surface area (Å²) in [6.07, 6.45) is 2.05. The molecule has 1 N–H and O–H groups in total. The highest BCUT2D eigenvalue weighted by Gasteiger charge is 2.07. The van der Waals surface area contributed by atoms with Crippen LogP contribution in [0, 0.1) is 5.41 Å². The molecule has 0 aliphatic heterocycles. The zero-order chi connectivity index (χ0) is 7.28. The van der Waals surface area contributed by atoms with Crippen molar-refractivity contribution < 1.29 is 9.53 Å². The standard InChI is InChI=1S/C4H8N2O2S/c1-8-4(7)6(3-5)9-2/h3,5H,1-2H3. The van der Waals surface area contributed by atoms with Crippen molar-refractivity contribution in [1.29, 1.82) is 5.41 Å². The molecule has 0 heterocycles. The molecule has 0 spiro atoms. The summed E-state index contributed by atoms with van der Waals surface area (Å²) < 4.78 is 5.38. The lowest BCUT2D eigenvalue weighted by atomic mass is 11.0. The first-order chi connectivity index (χ1) is 4.26. The minimum Gasteiger partial charge on any atom is -0.452 e. The molecule has 52 valence electrons. The lowest BCUT2D eigenvalue weighted by Crippen LogP contribution is -2.21. The number of nitrogens with zero attached hydrogens (tertiary/aromatic N) is 1. The second-order valence-corrected chi connectivity index (χ2v) is 1.87. The molecule has 0 bridgehead atoms. The fraction of sp³-hybridized carbons (Fsp3) is 0.500. The van der Waals surface area contributed by atoms with Crippen molar-refractivity contribution in [2.45, 2.75) is 0 Å². The van der Waals surface area contributed by atoms with Crippen molar-refractivity contribution in [2.75, 3.05) is 13.4 Å². The molecule has 0 aromatic heterocycles. The molecule has 0 saturated heterocycles. The van der Waals surface area contributed by atoms with Gasteiger partial charge in [-0.15, -0.1) is 0 Å². The Morgan fingerprint density at radius 3 is 2.56 bits per heavy atom. The summed E-state index contributed by atoms with van der Waals surface area (Å²) in [5.74, 6) is 0. The van der Waals surface area contributed by atoms with Crippen LogP contribution in [0.2, 0.25) is 0 Å². The summed E-state index contributed by atoms with van der Waals surface area (Å²) in [4.78, 5) is 10.5. The zero-order valence-corrected chi connectivity index (χ0v) is 6.07. The molecule has 0 rings (SSSR count). The SMILES string of the molecule is COC(=O)N(C=N)SC. The van der Waals surface area contributed by atoms with Gasteiger partial charge in [-0.2, -0.15) is 0 Å². The van der Waals surface area contributed by atoms with E-state index < -0.39 is 6.09 Å². The fourth-order valence-electron chi connectivity index (χ4n) is 0.270. The number of ether oxygens (including phenoxy) is 1. The van der Waals surface area contributed by atoms with Crippen LogP contribution in [0.3, 0.4) is 0 Å². The van der Waals surface area contributed by atoms with E-state index in [1.165, 1.54) is 7.11 Å². The van der Waals surface area contributed by atoms with Crippen LogP contribution in [0.25, 0.3) is 0 Å². The normalized spacial score (nSPS) is 8.22. The Balaban J connectivity index is 3.78. The van der Waals surface area contributed by atoms with E-state index in [4.69, 9.17) is 5.41 Å². The highest BCUT2D eigenvalue weighted by Crippen LogP contribution is 2.02. The average Bonchev–Trinajstić information content (AvgIpc) is 1.90. The zero-order valence-electron chi connectivity index (χ0n) is 5.25. The predicted molar refractivity (Wildman–Crippen MR) is 36.5 cm³/mol. The van der Waals surface area contributed by atoms with E-state index in [0.717, 1.165) is 22.6 Å². The van der Waals surface area contributed by atoms with Gasteiger partial charge in [0.15, 0.2) is 0 Å². The maximum Gasteiger partial charge on any atom is 0.425 e. The Morgan fingerprint density at radius 1 is 1.89 bits per heavy atom. The predicted octanol–water partition coefficient (Wildman–Crippen LogP) is 0.940. The van der Waals surface area contributed by atoms with Crippen LogP contribution in [0.15, 0.2) is 0 Å². The van der Waals surface area contributed by atoms with Gasteiger partial charge in [0.05, 0.1) is 7.11 Å². The van der Waals surface area contributed by atoms with Gasteiger partial charge in [0.2, 0.25) is 0 Å². The van der Waals surface area contributed by atoms with Crippen LogP contribution in [0.5, 0.6) is 0 Å². The van der Waals surface area contributed by atoms with Gasteiger partial charge in [-0.3, -0.25) is 5.41 Å². The highest BCUT2D eigenvalue weighted by atomic mass is 32.2. The Labute approximate surface area is 57.8 Å². The van der Waals surface area contributed by atoms with E-state index in [2.05, 4.69) is 4.74 Å². The molecule has 0 aliphatic rings. The Kier molecular flexibility index (Phi) is 3.87. The van der Waals surface area contributed by atoms with Gasteiger partial charge >= 0.3 is 6.09 Å². The van der Waals surface area contributed by atoms with Gasteiger partial charge in [-0.05, 0) is 11.9 Å². The van der Waals surface area contributed by atoms with Crippen LogP contribution < -0.4 is 0 Å². The first kappa shape index (κ1) is 8.29. The number of hydrogen-bond acceptors (Lipinski definition) is 4. The smallest absolute Gasteiger partial charge is 0.425 e. The van der Waals surface area contributed by atoms with Gasteiger partial charge in [-0.1, -0.05) is 0 Å². The van der Waals surface area contributed by atoms with Crippen molar-refractivity contribution in [2.24, 2.45) is 0 Å². The van der Waals surface area contributed by atoms with Crippen molar-refractivity contribution in [3.63, 3.8) is 0 Å². The largest absolute Gasteiger partial charge is 0.452 e. The van der Waals surface area contributed by atoms with Crippen molar-refractivity contribution >= 4 is 24.4 Å². The minimum atomic E-state index is -0.530. The van der Waals surface area contributed by atoms with Crippen LogP contribution in [0.1, 0.15) is 0 Å². The monoisotopic (exact) mass is 148 g/mol. The third kappa shape index (κ3) is 2.36. The van der Waals surface area contributed by atoms with E-state index in [1.54, 1.807) is 6.26 Å². The third-order valence-corrected chi connectivity index (χ3v) is 1.32. The molecule has 1 amide bonds. The number of carbonyl (C=O) groups excluding carboxylic acids is 1. The topological polar surface area (TPSA) is 53.4 Å². The van der Waals surface area contributed by atoms with Crippen molar-refractivity contribution in [3.8, 4) is 0 Å². The summed E-state index contributed by atoms with van der Waals surface area (Å²) in [6.45, 7) is 0. The molecule has 0 aliphatic carbocycles. The van der Waals surface area contributed by atoms with Gasteiger partial charge in [0.25, 0.3) is 0 Å². The van der Waals surface area contributed by atoms with Gasteiger partial charge < -0.3 is 4.74 Å². The molecule has 4 nitrogen and oxygen atoms in total. The van der Waals surface area contributed by atoms with E-state index in [-0.39, 0.29) is 0 Å². The average molecular weight is 148 g/mol. The second-order valence-electron chi connectivity index (χ2n) is 1.11.